The van der Waals surface area contributed by atoms with Gasteiger partial charge >= 0.3 is 0 Å². The van der Waals surface area contributed by atoms with Crippen molar-refractivity contribution in [1.29, 1.82) is 0 Å². The lowest BCUT2D eigenvalue weighted by Gasteiger charge is -2.04. The summed E-state index contributed by atoms with van der Waals surface area (Å²) >= 11 is 0. The van der Waals surface area contributed by atoms with E-state index >= 15 is 0 Å². The van der Waals surface area contributed by atoms with Crippen LogP contribution < -0.4 is 4.74 Å². The number of benzene rings is 2. The van der Waals surface area contributed by atoms with E-state index in [1.165, 1.54) is 5.56 Å². The highest BCUT2D eigenvalue weighted by atomic mass is 16.5. The smallest absolute Gasteiger partial charge is 0.141 e. The van der Waals surface area contributed by atoms with Crippen molar-refractivity contribution in [3.05, 3.63) is 65.2 Å². The predicted octanol–water partition coefficient (Wildman–Crippen LogP) is 3.36. The Morgan fingerprint density at radius 2 is 1.68 bits per heavy atom. The third-order valence-corrected chi connectivity index (χ3v) is 3.04. The maximum absolute atomic E-state index is 12.0. The van der Waals surface area contributed by atoms with Crippen molar-refractivity contribution in [3.63, 3.8) is 0 Å². The molecule has 19 heavy (non-hydrogen) atoms. The molecule has 0 N–H and O–H groups in total. The zero-order valence-corrected chi connectivity index (χ0v) is 11.3. The predicted molar refractivity (Wildman–Crippen MR) is 76.6 cm³/mol. The standard InChI is InChI=1S/C17H18O2/c1-13-4-3-5-15(10-13)12-16(18)11-14-6-8-17(19-2)9-7-14/h3-10H,11-12H2,1-2H3. The van der Waals surface area contributed by atoms with Crippen LogP contribution >= 0.6 is 0 Å². The van der Waals surface area contributed by atoms with Crippen LogP contribution in [0.5, 0.6) is 5.75 Å². The fourth-order valence-corrected chi connectivity index (χ4v) is 2.08. The summed E-state index contributed by atoms with van der Waals surface area (Å²) in [4.78, 5) is 12.0. The third-order valence-electron chi connectivity index (χ3n) is 3.04. The van der Waals surface area contributed by atoms with Gasteiger partial charge in [0.25, 0.3) is 0 Å². The first-order valence-corrected chi connectivity index (χ1v) is 6.37. The van der Waals surface area contributed by atoms with Gasteiger partial charge in [-0.25, -0.2) is 0 Å². The van der Waals surface area contributed by atoms with Crippen molar-refractivity contribution < 1.29 is 9.53 Å². The number of ketones is 1. The number of ether oxygens (including phenoxy) is 1. The molecule has 2 nitrogen and oxygen atoms in total. The molecular weight excluding hydrogens is 236 g/mol. The number of methoxy groups -OCH3 is 1. The minimum atomic E-state index is 0.232. The first-order chi connectivity index (χ1) is 9.17. The molecule has 98 valence electrons. The van der Waals surface area contributed by atoms with E-state index in [0.717, 1.165) is 16.9 Å². The fraction of sp³-hybridized carbons (Fsp3) is 0.235. The highest BCUT2D eigenvalue weighted by molar-refractivity contribution is 5.83. The van der Waals surface area contributed by atoms with Crippen LogP contribution in [-0.2, 0) is 17.6 Å². The Morgan fingerprint density at radius 3 is 2.32 bits per heavy atom. The second kappa shape index (κ2) is 6.19. The lowest BCUT2D eigenvalue weighted by Crippen LogP contribution is -2.06. The molecule has 0 bridgehead atoms. The topological polar surface area (TPSA) is 26.3 Å². The van der Waals surface area contributed by atoms with Crippen LogP contribution in [0.15, 0.2) is 48.5 Å². The molecule has 2 aromatic carbocycles. The molecule has 0 atom stereocenters. The van der Waals surface area contributed by atoms with Crippen molar-refractivity contribution in [2.45, 2.75) is 19.8 Å². The Morgan fingerprint density at radius 1 is 1.00 bits per heavy atom. The van der Waals surface area contributed by atoms with E-state index in [1.807, 2.05) is 49.4 Å². The van der Waals surface area contributed by atoms with Crippen LogP contribution in [0.2, 0.25) is 0 Å². The number of hydrogen-bond acceptors (Lipinski definition) is 2. The summed E-state index contributed by atoms with van der Waals surface area (Å²) in [5, 5.41) is 0. The molecule has 2 aromatic rings. The van der Waals surface area contributed by atoms with Gasteiger partial charge in [0.05, 0.1) is 7.11 Å². The van der Waals surface area contributed by atoms with Crippen LogP contribution in [0, 0.1) is 6.92 Å². The van der Waals surface area contributed by atoms with Gasteiger partial charge in [-0.2, -0.15) is 0 Å². The van der Waals surface area contributed by atoms with Gasteiger partial charge in [-0.1, -0.05) is 42.0 Å². The number of carbonyl (C=O) groups is 1. The number of carbonyl (C=O) groups excluding carboxylic acids is 1. The lowest BCUT2D eigenvalue weighted by atomic mass is 10.0. The van der Waals surface area contributed by atoms with Crippen LogP contribution in [0.3, 0.4) is 0 Å². The van der Waals surface area contributed by atoms with Gasteiger partial charge in [-0.05, 0) is 30.2 Å². The maximum Gasteiger partial charge on any atom is 0.141 e. The van der Waals surface area contributed by atoms with Gasteiger partial charge in [-0.15, -0.1) is 0 Å². The highest BCUT2D eigenvalue weighted by Gasteiger charge is 2.05. The molecule has 2 rings (SSSR count). The second-order valence-corrected chi connectivity index (χ2v) is 4.73. The minimum Gasteiger partial charge on any atom is -0.497 e. The average Bonchev–Trinajstić information content (AvgIpc) is 2.39. The maximum atomic E-state index is 12.0. The summed E-state index contributed by atoms with van der Waals surface area (Å²) in [6.07, 6.45) is 0.964. The summed E-state index contributed by atoms with van der Waals surface area (Å²) in [5.74, 6) is 1.05. The third kappa shape index (κ3) is 3.95. The molecule has 0 aromatic heterocycles. The summed E-state index contributed by atoms with van der Waals surface area (Å²) < 4.78 is 5.10. The first kappa shape index (κ1) is 13.3. The molecule has 0 aliphatic heterocycles. The van der Waals surface area contributed by atoms with E-state index in [9.17, 15) is 4.79 Å². The van der Waals surface area contributed by atoms with Crippen LogP contribution in [0.4, 0.5) is 0 Å². The number of Topliss-reactive ketones (excluding diaryl/α,β-unsaturated/α-hetero) is 1. The average molecular weight is 254 g/mol. The van der Waals surface area contributed by atoms with E-state index < -0.39 is 0 Å². The molecule has 2 heteroatoms. The Kier molecular flexibility index (Phi) is 4.35. The molecule has 0 amide bonds. The van der Waals surface area contributed by atoms with Crippen LogP contribution in [0.25, 0.3) is 0 Å². The Bertz CT molecular complexity index is 556. The van der Waals surface area contributed by atoms with Crippen molar-refractivity contribution in [2.24, 2.45) is 0 Å². The molecular formula is C17H18O2. The molecule has 0 aliphatic rings. The molecule has 0 radical (unpaired) electrons. The number of aryl methyl sites for hydroxylation is 1. The lowest BCUT2D eigenvalue weighted by molar-refractivity contribution is -0.117. The molecule has 0 saturated carbocycles. The molecule has 0 spiro atoms. The Hall–Kier alpha value is -2.09. The molecule has 0 aliphatic carbocycles. The van der Waals surface area contributed by atoms with Crippen molar-refractivity contribution in [2.75, 3.05) is 7.11 Å². The fourth-order valence-electron chi connectivity index (χ4n) is 2.08. The van der Waals surface area contributed by atoms with Crippen LogP contribution in [0.1, 0.15) is 16.7 Å². The number of rotatable bonds is 5. The number of hydrogen-bond donors (Lipinski definition) is 0. The van der Waals surface area contributed by atoms with Gasteiger partial charge < -0.3 is 4.74 Å². The Labute approximate surface area is 114 Å². The summed E-state index contributed by atoms with van der Waals surface area (Å²) in [6.45, 7) is 2.04. The first-order valence-electron chi connectivity index (χ1n) is 6.37. The van der Waals surface area contributed by atoms with E-state index in [2.05, 4.69) is 6.07 Å². The Balaban J connectivity index is 1.97. The van der Waals surface area contributed by atoms with Crippen molar-refractivity contribution in [3.8, 4) is 5.75 Å². The zero-order chi connectivity index (χ0) is 13.7. The minimum absolute atomic E-state index is 0.232. The van der Waals surface area contributed by atoms with Crippen molar-refractivity contribution >= 4 is 5.78 Å². The van der Waals surface area contributed by atoms with Gasteiger partial charge in [-0.3, -0.25) is 4.79 Å². The normalized spacial score (nSPS) is 10.2. The zero-order valence-electron chi connectivity index (χ0n) is 11.3. The second-order valence-electron chi connectivity index (χ2n) is 4.73. The SMILES string of the molecule is COc1ccc(CC(=O)Cc2cccc(C)c2)cc1. The molecule has 0 heterocycles. The summed E-state index contributed by atoms with van der Waals surface area (Å²) in [7, 11) is 1.64. The van der Waals surface area contributed by atoms with E-state index in [-0.39, 0.29) is 5.78 Å². The van der Waals surface area contributed by atoms with Gasteiger partial charge in [0.2, 0.25) is 0 Å². The highest BCUT2D eigenvalue weighted by Crippen LogP contribution is 2.13. The monoisotopic (exact) mass is 254 g/mol. The summed E-state index contributed by atoms with van der Waals surface area (Å²) in [6, 6.07) is 15.7. The summed E-state index contributed by atoms with van der Waals surface area (Å²) in [5.41, 5.74) is 3.30. The van der Waals surface area contributed by atoms with Crippen LogP contribution in [-0.4, -0.2) is 12.9 Å². The van der Waals surface area contributed by atoms with E-state index in [4.69, 9.17) is 4.74 Å². The quantitative estimate of drug-likeness (QED) is 0.817. The largest absolute Gasteiger partial charge is 0.497 e. The molecule has 0 fully saturated rings. The van der Waals surface area contributed by atoms with Gasteiger partial charge in [0.15, 0.2) is 0 Å². The van der Waals surface area contributed by atoms with Gasteiger partial charge in [0, 0.05) is 12.8 Å². The molecule has 0 unspecified atom stereocenters. The molecule has 0 saturated heterocycles. The van der Waals surface area contributed by atoms with Gasteiger partial charge in [0.1, 0.15) is 11.5 Å². The van der Waals surface area contributed by atoms with E-state index in [0.29, 0.717) is 12.8 Å². The van der Waals surface area contributed by atoms with Crippen molar-refractivity contribution in [1.82, 2.24) is 0 Å². The van der Waals surface area contributed by atoms with E-state index in [1.54, 1.807) is 7.11 Å².